The number of carbonyl (C=O) groups excluding carboxylic acids is 1. The molecule has 134 valence electrons. The summed E-state index contributed by atoms with van der Waals surface area (Å²) in [6, 6.07) is 13.9. The molecular weight excluding hydrogens is 430 g/mol. The number of aromatic nitrogens is 1. The molecule has 2 aromatic carbocycles. The van der Waals surface area contributed by atoms with Crippen molar-refractivity contribution >= 4 is 60.3 Å². The van der Waals surface area contributed by atoms with E-state index in [0.717, 1.165) is 46.9 Å². The third-order valence-electron chi connectivity index (χ3n) is 4.50. The van der Waals surface area contributed by atoms with Gasteiger partial charge >= 0.3 is 0 Å². The Morgan fingerprint density at radius 2 is 1.92 bits per heavy atom. The van der Waals surface area contributed by atoms with Gasteiger partial charge in [0.1, 0.15) is 0 Å². The molecule has 4 nitrogen and oxygen atoms in total. The van der Waals surface area contributed by atoms with Crippen LogP contribution in [0.2, 0.25) is 0 Å². The van der Waals surface area contributed by atoms with Crippen LogP contribution in [0, 0.1) is 0 Å². The number of para-hydroxylation sites is 1. The summed E-state index contributed by atoms with van der Waals surface area (Å²) in [6.45, 7) is 3.07. The molecule has 0 spiro atoms. The Bertz CT molecular complexity index is 951. The molecule has 1 fully saturated rings. The monoisotopic (exact) mass is 447 g/mol. The number of fused-ring (bicyclic) bond motifs is 1. The maximum absolute atomic E-state index is 12.7. The smallest absolute Gasteiger partial charge is 0.254 e. The number of halogens is 1. The Kier molecular flexibility index (Phi) is 5.20. The minimum atomic E-state index is 0.0971. The van der Waals surface area contributed by atoms with E-state index in [1.165, 1.54) is 9.60 Å². The van der Waals surface area contributed by atoms with Crippen molar-refractivity contribution in [2.75, 3.05) is 37.3 Å². The minimum absolute atomic E-state index is 0.0971. The molecule has 1 aliphatic rings. The van der Waals surface area contributed by atoms with Gasteiger partial charge in [-0.2, -0.15) is 0 Å². The summed E-state index contributed by atoms with van der Waals surface area (Å²) >= 11 is 6.90. The number of hydrogen-bond acceptors (Lipinski definition) is 5. The zero-order valence-electron chi connectivity index (χ0n) is 14.3. The summed E-state index contributed by atoms with van der Waals surface area (Å²) in [5.41, 5.74) is 1.82. The molecule has 1 aromatic heterocycles. The number of amides is 1. The van der Waals surface area contributed by atoms with E-state index in [1.54, 1.807) is 23.1 Å². The number of rotatable bonds is 3. The lowest BCUT2D eigenvalue weighted by atomic mass is 10.2. The van der Waals surface area contributed by atoms with Gasteiger partial charge in [0.25, 0.3) is 5.91 Å². The van der Waals surface area contributed by atoms with Crippen LogP contribution in [-0.4, -0.2) is 48.2 Å². The lowest BCUT2D eigenvalue weighted by Gasteiger charge is -2.34. The van der Waals surface area contributed by atoms with Crippen LogP contribution in [-0.2, 0) is 0 Å². The highest BCUT2D eigenvalue weighted by Gasteiger charge is 2.24. The van der Waals surface area contributed by atoms with Crippen molar-refractivity contribution in [1.29, 1.82) is 0 Å². The maximum Gasteiger partial charge on any atom is 0.254 e. The highest BCUT2D eigenvalue weighted by Crippen LogP contribution is 2.34. The second-order valence-electron chi connectivity index (χ2n) is 6.09. The van der Waals surface area contributed by atoms with E-state index in [0.29, 0.717) is 0 Å². The van der Waals surface area contributed by atoms with E-state index in [1.807, 2.05) is 29.2 Å². The van der Waals surface area contributed by atoms with Gasteiger partial charge in [0, 0.05) is 41.1 Å². The topological polar surface area (TPSA) is 36.4 Å². The predicted octanol–water partition coefficient (Wildman–Crippen LogP) is 4.74. The fraction of sp³-hybridized carbons (Fsp3) is 0.263. The summed E-state index contributed by atoms with van der Waals surface area (Å²) in [4.78, 5) is 23.0. The SMILES string of the molecule is CSc1cccc2sc(N3CCN(C(=O)c4cccc(Br)c4)CC3)nc12. The summed E-state index contributed by atoms with van der Waals surface area (Å²) in [5, 5.41) is 1.05. The van der Waals surface area contributed by atoms with Crippen LogP contribution in [0.4, 0.5) is 5.13 Å². The number of thiazole rings is 1. The fourth-order valence-corrected chi connectivity index (χ4v) is 5.19. The molecule has 0 aliphatic carbocycles. The number of thioether (sulfide) groups is 1. The molecule has 3 aromatic rings. The van der Waals surface area contributed by atoms with Gasteiger partial charge in [-0.3, -0.25) is 4.79 Å². The van der Waals surface area contributed by atoms with Gasteiger partial charge in [0.2, 0.25) is 0 Å². The van der Waals surface area contributed by atoms with Crippen LogP contribution in [0.15, 0.2) is 51.8 Å². The molecule has 4 rings (SSSR count). The molecule has 0 N–H and O–H groups in total. The van der Waals surface area contributed by atoms with E-state index >= 15 is 0 Å². The Hall–Kier alpha value is -1.57. The Morgan fingerprint density at radius 1 is 1.15 bits per heavy atom. The van der Waals surface area contributed by atoms with Crippen LogP contribution in [0.3, 0.4) is 0 Å². The second kappa shape index (κ2) is 7.58. The third kappa shape index (κ3) is 3.48. The number of piperazine rings is 1. The molecule has 1 aliphatic heterocycles. The van der Waals surface area contributed by atoms with Crippen molar-refractivity contribution in [2.45, 2.75) is 4.90 Å². The quantitative estimate of drug-likeness (QED) is 0.543. The predicted molar refractivity (Wildman–Crippen MR) is 114 cm³/mol. The molecule has 0 atom stereocenters. The second-order valence-corrected chi connectivity index (χ2v) is 8.87. The van der Waals surface area contributed by atoms with Gasteiger partial charge in [0.15, 0.2) is 5.13 Å². The van der Waals surface area contributed by atoms with Gasteiger partial charge in [-0.15, -0.1) is 11.8 Å². The van der Waals surface area contributed by atoms with E-state index in [-0.39, 0.29) is 5.91 Å². The molecule has 1 amide bonds. The molecule has 0 bridgehead atoms. The Labute approximate surface area is 169 Å². The van der Waals surface area contributed by atoms with Crippen LogP contribution in [0.25, 0.3) is 10.2 Å². The normalized spacial score (nSPS) is 14.8. The third-order valence-corrected chi connectivity index (χ3v) is 6.84. The number of hydrogen-bond donors (Lipinski definition) is 0. The van der Waals surface area contributed by atoms with Crippen LogP contribution in [0.1, 0.15) is 10.4 Å². The van der Waals surface area contributed by atoms with Crippen molar-refractivity contribution < 1.29 is 4.79 Å². The highest BCUT2D eigenvalue weighted by atomic mass is 79.9. The zero-order valence-corrected chi connectivity index (χ0v) is 17.5. The number of carbonyl (C=O) groups is 1. The summed E-state index contributed by atoms with van der Waals surface area (Å²) in [5.74, 6) is 0.0971. The average molecular weight is 448 g/mol. The van der Waals surface area contributed by atoms with E-state index in [9.17, 15) is 4.79 Å². The molecular formula is C19H18BrN3OS2. The Balaban J connectivity index is 1.47. The summed E-state index contributed by atoms with van der Waals surface area (Å²) < 4.78 is 2.15. The first-order valence-corrected chi connectivity index (χ1v) is 11.2. The van der Waals surface area contributed by atoms with Crippen molar-refractivity contribution in [3.63, 3.8) is 0 Å². The zero-order chi connectivity index (χ0) is 18.1. The van der Waals surface area contributed by atoms with Gasteiger partial charge in [-0.25, -0.2) is 4.98 Å². The van der Waals surface area contributed by atoms with Crippen LogP contribution < -0.4 is 4.90 Å². The molecule has 2 heterocycles. The summed E-state index contributed by atoms with van der Waals surface area (Å²) in [6.07, 6.45) is 2.08. The first-order chi connectivity index (χ1) is 12.7. The lowest BCUT2D eigenvalue weighted by molar-refractivity contribution is 0.0746. The van der Waals surface area contributed by atoms with Crippen LogP contribution in [0.5, 0.6) is 0 Å². The number of benzene rings is 2. The standard InChI is InChI=1S/C19H18BrN3OS2/c1-25-15-6-3-7-16-17(15)21-19(26-16)23-10-8-22(9-11-23)18(24)13-4-2-5-14(20)12-13/h2-7,12H,8-11H2,1H3. The highest BCUT2D eigenvalue weighted by molar-refractivity contribution is 9.10. The van der Waals surface area contributed by atoms with E-state index < -0.39 is 0 Å². The fourth-order valence-electron chi connectivity index (χ4n) is 3.12. The lowest BCUT2D eigenvalue weighted by Crippen LogP contribution is -2.48. The van der Waals surface area contributed by atoms with Crippen molar-refractivity contribution in [3.05, 3.63) is 52.5 Å². The van der Waals surface area contributed by atoms with Crippen molar-refractivity contribution in [2.24, 2.45) is 0 Å². The van der Waals surface area contributed by atoms with E-state index in [2.05, 4.69) is 45.3 Å². The van der Waals surface area contributed by atoms with E-state index in [4.69, 9.17) is 4.98 Å². The minimum Gasteiger partial charge on any atom is -0.345 e. The largest absolute Gasteiger partial charge is 0.345 e. The maximum atomic E-state index is 12.7. The molecule has 26 heavy (non-hydrogen) atoms. The van der Waals surface area contributed by atoms with Crippen molar-refractivity contribution in [3.8, 4) is 0 Å². The first-order valence-electron chi connectivity index (χ1n) is 8.39. The number of nitrogens with zero attached hydrogens (tertiary/aromatic N) is 3. The van der Waals surface area contributed by atoms with Gasteiger partial charge in [-0.1, -0.05) is 39.4 Å². The van der Waals surface area contributed by atoms with Gasteiger partial charge in [0.05, 0.1) is 10.2 Å². The molecule has 0 radical (unpaired) electrons. The average Bonchev–Trinajstić information content (AvgIpc) is 3.12. The molecule has 1 saturated heterocycles. The molecule has 7 heteroatoms. The van der Waals surface area contributed by atoms with Gasteiger partial charge in [-0.05, 0) is 36.6 Å². The Morgan fingerprint density at radius 3 is 2.65 bits per heavy atom. The van der Waals surface area contributed by atoms with Crippen LogP contribution >= 0.6 is 39.0 Å². The summed E-state index contributed by atoms with van der Waals surface area (Å²) in [7, 11) is 0. The van der Waals surface area contributed by atoms with Gasteiger partial charge < -0.3 is 9.80 Å². The molecule has 0 unspecified atom stereocenters. The number of anilines is 1. The first kappa shape index (κ1) is 17.8. The molecule has 0 saturated carbocycles. The van der Waals surface area contributed by atoms with Crippen molar-refractivity contribution in [1.82, 2.24) is 9.88 Å².